The maximum Gasteiger partial charge on any atom is 0.123 e. The Morgan fingerprint density at radius 1 is 1.31 bits per heavy atom. The molecule has 1 aromatic carbocycles. The summed E-state index contributed by atoms with van der Waals surface area (Å²) >= 11 is 0. The molecule has 0 aromatic heterocycles. The van der Waals surface area contributed by atoms with Crippen molar-refractivity contribution in [3.05, 3.63) is 35.6 Å². The van der Waals surface area contributed by atoms with Gasteiger partial charge in [-0.3, -0.25) is 4.99 Å². The third kappa shape index (κ3) is 3.69. The zero-order valence-corrected chi connectivity index (χ0v) is 7.87. The van der Waals surface area contributed by atoms with Gasteiger partial charge in [0.25, 0.3) is 0 Å². The summed E-state index contributed by atoms with van der Waals surface area (Å²) in [6, 6.07) is 6.37. The normalized spacial score (nSPS) is 10.7. The monoisotopic (exact) mass is 180 g/mol. The van der Waals surface area contributed by atoms with Crippen LogP contribution in [0.25, 0.3) is 0 Å². The lowest BCUT2D eigenvalue weighted by atomic mass is 10.2. The zero-order chi connectivity index (χ0) is 9.68. The van der Waals surface area contributed by atoms with Crippen molar-refractivity contribution in [2.24, 2.45) is 4.99 Å². The van der Waals surface area contributed by atoms with Crippen molar-refractivity contribution in [1.29, 1.82) is 0 Å². The van der Waals surface area contributed by atoms with Crippen molar-refractivity contribution < 1.29 is 4.39 Å². The van der Waals surface area contributed by atoms with Gasteiger partial charge >= 0.3 is 0 Å². The minimum absolute atomic E-state index is 0.208. The Morgan fingerprint density at radius 2 is 1.92 bits per heavy atom. The third-order valence-electron chi connectivity index (χ3n) is 1.50. The molecule has 0 spiro atoms. The standard InChI is InChI=1S/C10H13FN2/c1-13(2)8-12-7-9-3-5-10(11)6-4-9/h3-6,8H,7H2,1-2H3. The highest BCUT2D eigenvalue weighted by molar-refractivity contribution is 5.53. The van der Waals surface area contributed by atoms with Crippen molar-refractivity contribution in [1.82, 2.24) is 4.90 Å². The average Bonchev–Trinajstić information content (AvgIpc) is 2.08. The maximum atomic E-state index is 12.5. The van der Waals surface area contributed by atoms with Gasteiger partial charge in [-0.25, -0.2) is 4.39 Å². The van der Waals surface area contributed by atoms with E-state index >= 15 is 0 Å². The van der Waals surface area contributed by atoms with Gasteiger partial charge in [0.2, 0.25) is 0 Å². The third-order valence-corrected chi connectivity index (χ3v) is 1.50. The second-order valence-corrected chi connectivity index (χ2v) is 3.05. The van der Waals surface area contributed by atoms with Gasteiger partial charge in [0.05, 0.1) is 12.9 Å². The van der Waals surface area contributed by atoms with E-state index in [0.29, 0.717) is 6.54 Å². The number of nitrogens with zero attached hydrogens (tertiary/aromatic N) is 2. The summed E-state index contributed by atoms with van der Waals surface area (Å²) in [5, 5.41) is 0. The fourth-order valence-electron chi connectivity index (χ4n) is 0.899. The van der Waals surface area contributed by atoms with E-state index in [9.17, 15) is 4.39 Å². The molecule has 2 nitrogen and oxygen atoms in total. The topological polar surface area (TPSA) is 15.6 Å². The van der Waals surface area contributed by atoms with E-state index in [1.807, 2.05) is 19.0 Å². The Morgan fingerprint density at radius 3 is 2.46 bits per heavy atom. The molecule has 0 N–H and O–H groups in total. The number of rotatable bonds is 3. The lowest BCUT2D eigenvalue weighted by Crippen LogP contribution is -2.07. The Balaban J connectivity index is 2.50. The SMILES string of the molecule is CN(C)C=NCc1ccc(F)cc1. The van der Waals surface area contributed by atoms with Gasteiger partial charge in [0.15, 0.2) is 0 Å². The van der Waals surface area contributed by atoms with Crippen molar-refractivity contribution in [3.63, 3.8) is 0 Å². The smallest absolute Gasteiger partial charge is 0.123 e. The van der Waals surface area contributed by atoms with Crippen LogP contribution in [-0.4, -0.2) is 25.3 Å². The molecule has 0 saturated carbocycles. The number of benzene rings is 1. The fraction of sp³-hybridized carbons (Fsp3) is 0.300. The van der Waals surface area contributed by atoms with Crippen LogP contribution in [-0.2, 0) is 6.54 Å². The van der Waals surface area contributed by atoms with E-state index in [2.05, 4.69) is 4.99 Å². The molecule has 0 bridgehead atoms. The Kier molecular flexibility index (Phi) is 3.43. The minimum Gasteiger partial charge on any atom is -0.369 e. The van der Waals surface area contributed by atoms with Crippen molar-refractivity contribution in [3.8, 4) is 0 Å². The molecule has 0 fully saturated rings. The molecular weight excluding hydrogens is 167 g/mol. The molecule has 0 radical (unpaired) electrons. The van der Waals surface area contributed by atoms with E-state index < -0.39 is 0 Å². The van der Waals surface area contributed by atoms with Crippen molar-refractivity contribution in [2.45, 2.75) is 6.54 Å². The van der Waals surface area contributed by atoms with E-state index in [4.69, 9.17) is 0 Å². The number of aliphatic imine (C=N–C) groups is 1. The quantitative estimate of drug-likeness (QED) is 0.512. The molecule has 0 aliphatic rings. The highest BCUT2D eigenvalue weighted by Gasteiger charge is 1.90. The molecule has 0 aliphatic heterocycles. The molecule has 0 saturated heterocycles. The molecule has 0 unspecified atom stereocenters. The van der Waals surface area contributed by atoms with Crippen molar-refractivity contribution in [2.75, 3.05) is 14.1 Å². The second-order valence-electron chi connectivity index (χ2n) is 3.05. The van der Waals surface area contributed by atoms with Crippen LogP contribution in [0.3, 0.4) is 0 Å². The molecule has 13 heavy (non-hydrogen) atoms. The van der Waals surface area contributed by atoms with E-state index in [-0.39, 0.29) is 5.82 Å². The van der Waals surface area contributed by atoms with Gasteiger partial charge in [-0.2, -0.15) is 0 Å². The molecule has 70 valence electrons. The van der Waals surface area contributed by atoms with E-state index in [1.54, 1.807) is 18.5 Å². The molecule has 0 heterocycles. The first-order valence-corrected chi connectivity index (χ1v) is 4.09. The van der Waals surface area contributed by atoms with Crippen LogP contribution in [0.5, 0.6) is 0 Å². The maximum absolute atomic E-state index is 12.5. The predicted octanol–water partition coefficient (Wildman–Crippen LogP) is 1.92. The number of hydrogen-bond donors (Lipinski definition) is 0. The van der Waals surface area contributed by atoms with Gasteiger partial charge < -0.3 is 4.90 Å². The van der Waals surface area contributed by atoms with Gasteiger partial charge in [-0.05, 0) is 17.7 Å². The molecular formula is C10H13FN2. The summed E-state index contributed by atoms with van der Waals surface area (Å²) in [5.74, 6) is -0.208. The molecule has 1 aromatic rings. The van der Waals surface area contributed by atoms with E-state index in [0.717, 1.165) is 5.56 Å². The summed E-state index contributed by atoms with van der Waals surface area (Å²) < 4.78 is 12.5. The van der Waals surface area contributed by atoms with Crippen LogP contribution < -0.4 is 0 Å². The zero-order valence-electron chi connectivity index (χ0n) is 7.87. The van der Waals surface area contributed by atoms with Crippen LogP contribution in [0.1, 0.15) is 5.56 Å². The summed E-state index contributed by atoms with van der Waals surface area (Å²) in [6.07, 6.45) is 1.74. The molecule has 0 aliphatic carbocycles. The summed E-state index contributed by atoms with van der Waals surface area (Å²) in [7, 11) is 3.82. The lowest BCUT2D eigenvalue weighted by molar-refractivity contribution is 0.626. The molecule has 3 heteroatoms. The van der Waals surface area contributed by atoms with Gasteiger partial charge in [-0.1, -0.05) is 12.1 Å². The molecule has 0 atom stereocenters. The van der Waals surface area contributed by atoms with E-state index in [1.165, 1.54) is 12.1 Å². The predicted molar refractivity (Wildman–Crippen MR) is 52.3 cm³/mol. The van der Waals surface area contributed by atoms with Crippen LogP contribution in [0, 0.1) is 5.82 Å². The lowest BCUT2D eigenvalue weighted by Gasteiger charge is -2.02. The minimum atomic E-state index is -0.208. The fourth-order valence-corrected chi connectivity index (χ4v) is 0.899. The summed E-state index contributed by atoms with van der Waals surface area (Å²) in [5.41, 5.74) is 1.01. The van der Waals surface area contributed by atoms with Crippen LogP contribution in [0.2, 0.25) is 0 Å². The average molecular weight is 180 g/mol. The highest BCUT2D eigenvalue weighted by Crippen LogP contribution is 2.03. The number of hydrogen-bond acceptors (Lipinski definition) is 1. The van der Waals surface area contributed by atoms with Crippen LogP contribution in [0.4, 0.5) is 4.39 Å². The van der Waals surface area contributed by atoms with Crippen LogP contribution >= 0.6 is 0 Å². The van der Waals surface area contributed by atoms with Gasteiger partial charge in [0.1, 0.15) is 5.82 Å². The van der Waals surface area contributed by atoms with Crippen molar-refractivity contribution >= 4 is 6.34 Å². The summed E-state index contributed by atoms with van der Waals surface area (Å²) in [6.45, 7) is 0.596. The van der Waals surface area contributed by atoms with Gasteiger partial charge in [0, 0.05) is 14.1 Å². The molecule has 1 rings (SSSR count). The van der Waals surface area contributed by atoms with Crippen LogP contribution in [0.15, 0.2) is 29.3 Å². The molecule has 0 amide bonds. The second kappa shape index (κ2) is 4.60. The first-order chi connectivity index (χ1) is 6.18. The Hall–Kier alpha value is -1.38. The van der Waals surface area contributed by atoms with Gasteiger partial charge in [-0.15, -0.1) is 0 Å². The first kappa shape index (κ1) is 9.71. The largest absolute Gasteiger partial charge is 0.369 e. The number of halogens is 1. The summed E-state index contributed by atoms with van der Waals surface area (Å²) in [4.78, 5) is 6.01. The highest BCUT2D eigenvalue weighted by atomic mass is 19.1. The Bertz CT molecular complexity index is 277. The Labute approximate surface area is 77.7 Å². The first-order valence-electron chi connectivity index (χ1n) is 4.09.